The van der Waals surface area contributed by atoms with Crippen LogP contribution in [0.25, 0.3) is 0 Å². The van der Waals surface area contributed by atoms with Crippen LogP contribution in [0.2, 0.25) is 0 Å². The van der Waals surface area contributed by atoms with Crippen LogP contribution in [0.1, 0.15) is 13.8 Å². The summed E-state index contributed by atoms with van der Waals surface area (Å²) in [5, 5.41) is 2.69. The molecule has 1 aliphatic rings. The minimum Gasteiger partial charge on any atom is -0.366 e. The molecule has 1 fully saturated rings. The summed E-state index contributed by atoms with van der Waals surface area (Å²) in [7, 11) is 0. The SMILES string of the molecule is CCN(CC)CCNC(=O)C(=O)N1CCN(c2ccccc2F)CC1. The van der Waals surface area contributed by atoms with Crippen molar-refractivity contribution < 1.29 is 14.0 Å². The number of halogens is 1. The summed E-state index contributed by atoms with van der Waals surface area (Å²) in [4.78, 5) is 29.9. The van der Waals surface area contributed by atoms with Gasteiger partial charge in [0.25, 0.3) is 0 Å². The average Bonchev–Trinajstić information content (AvgIpc) is 2.65. The van der Waals surface area contributed by atoms with Gasteiger partial charge in [0, 0.05) is 39.3 Å². The number of amides is 2. The second-order valence-corrected chi connectivity index (χ2v) is 6.01. The molecule has 6 nitrogen and oxygen atoms in total. The molecular weight excluding hydrogens is 323 g/mol. The first-order chi connectivity index (χ1) is 12.1. The number of nitrogens with one attached hydrogen (secondary N) is 1. The summed E-state index contributed by atoms with van der Waals surface area (Å²) in [6.07, 6.45) is 0. The number of nitrogens with zero attached hydrogens (tertiary/aromatic N) is 3. The number of para-hydroxylation sites is 1. The second-order valence-electron chi connectivity index (χ2n) is 6.01. The van der Waals surface area contributed by atoms with E-state index in [0.717, 1.165) is 19.6 Å². The molecule has 0 bridgehead atoms. The Bertz CT molecular complexity index is 584. The molecule has 2 amide bonds. The molecule has 0 saturated carbocycles. The zero-order valence-electron chi connectivity index (χ0n) is 15.0. The lowest BCUT2D eigenvalue weighted by atomic mass is 10.2. The van der Waals surface area contributed by atoms with Gasteiger partial charge in [-0.05, 0) is 25.2 Å². The average molecular weight is 350 g/mol. The lowest BCUT2D eigenvalue weighted by Crippen LogP contribution is -2.53. The molecule has 1 aromatic rings. The van der Waals surface area contributed by atoms with E-state index in [1.807, 2.05) is 4.90 Å². The predicted molar refractivity (Wildman–Crippen MR) is 96.0 cm³/mol. The summed E-state index contributed by atoms with van der Waals surface area (Å²) < 4.78 is 13.8. The highest BCUT2D eigenvalue weighted by molar-refractivity contribution is 6.35. The van der Waals surface area contributed by atoms with Crippen molar-refractivity contribution in [2.75, 3.05) is 57.3 Å². The minimum absolute atomic E-state index is 0.267. The molecule has 0 radical (unpaired) electrons. The van der Waals surface area contributed by atoms with Gasteiger partial charge in [0.15, 0.2) is 0 Å². The predicted octanol–water partition coefficient (Wildman–Crippen LogP) is 0.932. The van der Waals surface area contributed by atoms with E-state index in [0.29, 0.717) is 38.4 Å². The molecule has 25 heavy (non-hydrogen) atoms. The monoisotopic (exact) mass is 350 g/mol. The van der Waals surface area contributed by atoms with E-state index < -0.39 is 11.8 Å². The molecule has 7 heteroatoms. The third-order valence-corrected chi connectivity index (χ3v) is 4.56. The fourth-order valence-electron chi connectivity index (χ4n) is 2.95. The van der Waals surface area contributed by atoms with Crippen LogP contribution in [0.15, 0.2) is 24.3 Å². The maximum atomic E-state index is 13.8. The Morgan fingerprint density at radius 2 is 1.76 bits per heavy atom. The molecule has 1 aliphatic heterocycles. The van der Waals surface area contributed by atoms with Gasteiger partial charge in [-0.2, -0.15) is 0 Å². The van der Waals surface area contributed by atoms with E-state index in [1.165, 1.54) is 11.0 Å². The number of rotatable bonds is 6. The summed E-state index contributed by atoms with van der Waals surface area (Å²) in [5.41, 5.74) is 0.540. The molecule has 0 unspecified atom stereocenters. The highest BCUT2D eigenvalue weighted by atomic mass is 19.1. The number of hydrogen-bond acceptors (Lipinski definition) is 4. The van der Waals surface area contributed by atoms with Gasteiger partial charge < -0.3 is 20.0 Å². The van der Waals surface area contributed by atoms with Crippen molar-refractivity contribution in [3.63, 3.8) is 0 Å². The molecule has 138 valence electrons. The quantitative estimate of drug-likeness (QED) is 0.776. The first-order valence-electron chi connectivity index (χ1n) is 8.85. The van der Waals surface area contributed by atoms with Gasteiger partial charge in [-0.3, -0.25) is 9.59 Å². The molecule has 0 aromatic heterocycles. The molecule has 0 aliphatic carbocycles. The Morgan fingerprint density at radius 1 is 1.12 bits per heavy atom. The number of benzene rings is 1. The summed E-state index contributed by atoms with van der Waals surface area (Å²) in [6, 6.07) is 6.60. The van der Waals surface area contributed by atoms with Crippen LogP contribution in [0.4, 0.5) is 10.1 Å². The van der Waals surface area contributed by atoms with Gasteiger partial charge in [-0.25, -0.2) is 4.39 Å². The largest absolute Gasteiger partial charge is 0.366 e. The van der Waals surface area contributed by atoms with Gasteiger partial charge in [0.05, 0.1) is 5.69 Å². The zero-order chi connectivity index (χ0) is 18.2. The highest BCUT2D eigenvalue weighted by Crippen LogP contribution is 2.20. The maximum absolute atomic E-state index is 13.8. The van der Waals surface area contributed by atoms with Crippen LogP contribution >= 0.6 is 0 Å². The van der Waals surface area contributed by atoms with E-state index in [-0.39, 0.29) is 5.82 Å². The number of carbonyl (C=O) groups excluding carboxylic acids is 2. The number of carbonyl (C=O) groups is 2. The third kappa shape index (κ3) is 5.16. The minimum atomic E-state index is -0.563. The Kier molecular flexibility index (Phi) is 7.18. The first kappa shape index (κ1) is 19.2. The molecule has 0 spiro atoms. The Balaban J connectivity index is 1.79. The number of likely N-dealkylation sites (N-methyl/N-ethyl adjacent to an activating group) is 1. The van der Waals surface area contributed by atoms with Crippen LogP contribution in [-0.4, -0.2) is 74.0 Å². The molecule has 1 aromatic carbocycles. The van der Waals surface area contributed by atoms with Crippen molar-refractivity contribution in [3.8, 4) is 0 Å². The van der Waals surface area contributed by atoms with Crippen LogP contribution < -0.4 is 10.2 Å². The summed E-state index contributed by atoms with van der Waals surface area (Å²) >= 11 is 0. The molecule has 1 N–H and O–H groups in total. The van der Waals surface area contributed by atoms with E-state index >= 15 is 0 Å². The van der Waals surface area contributed by atoms with Crippen molar-refractivity contribution in [3.05, 3.63) is 30.1 Å². The maximum Gasteiger partial charge on any atom is 0.312 e. The lowest BCUT2D eigenvalue weighted by Gasteiger charge is -2.35. The highest BCUT2D eigenvalue weighted by Gasteiger charge is 2.26. The molecular formula is C18H27FN4O2. The fourth-order valence-corrected chi connectivity index (χ4v) is 2.95. The van der Waals surface area contributed by atoms with Crippen molar-refractivity contribution in [1.82, 2.24) is 15.1 Å². The van der Waals surface area contributed by atoms with E-state index in [9.17, 15) is 14.0 Å². The second kappa shape index (κ2) is 9.36. The van der Waals surface area contributed by atoms with E-state index in [1.54, 1.807) is 18.2 Å². The normalized spacial score (nSPS) is 14.7. The van der Waals surface area contributed by atoms with Crippen molar-refractivity contribution in [1.29, 1.82) is 0 Å². The number of anilines is 1. The van der Waals surface area contributed by atoms with Gasteiger partial charge in [0.1, 0.15) is 5.82 Å². The molecule has 1 heterocycles. The van der Waals surface area contributed by atoms with E-state index in [4.69, 9.17) is 0 Å². The molecule has 2 rings (SSSR count). The lowest BCUT2D eigenvalue weighted by molar-refractivity contribution is -0.146. The summed E-state index contributed by atoms with van der Waals surface area (Å²) in [5.74, 6) is -1.34. The third-order valence-electron chi connectivity index (χ3n) is 4.56. The van der Waals surface area contributed by atoms with Crippen molar-refractivity contribution in [2.24, 2.45) is 0 Å². The van der Waals surface area contributed by atoms with Gasteiger partial charge in [-0.1, -0.05) is 26.0 Å². The van der Waals surface area contributed by atoms with Crippen LogP contribution in [0.5, 0.6) is 0 Å². The fraction of sp³-hybridized carbons (Fsp3) is 0.556. The molecule has 0 atom stereocenters. The molecule has 1 saturated heterocycles. The Morgan fingerprint density at radius 3 is 2.36 bits per heavy atom. The van der Waals surface area contributed by atoms with Crippen molar-refractivity contribution in [2.45, 2.75) is 13.8 Å². The first-order valence-corrected chi connectivity index (χ1v) is 8.85. The van der Waals surface area contributed by atoms with Crippen LogP contribution in [0.3, 0.4) is 0 Å². The van der Waals surface area contributed by atoms with Gasteiger partial charge in [-0.15, -0.1) is 0 Å². The standard InChI is InChI=1S/C18H27FN4O2/c1-3-21(4-2)10-9-20-17(24)18(25)23-13-11-22(12-14-23)16-8-6-5-7-15(16)19/h5-8H,3-4,9-14H2,1-2H3,(H,20,24). The summed E-state index contributed by atoms with van der Waals surface area (Å²) in [6.45, 7) is 8.99. The van der Waals surface area contributed by atoms with Crippen molar-refractivity contribution >= 4 is 17.5 Å². The zero-order valence-corrected chi connectivity index (χ0v) is 15.0. The Labute approximate surface area is 148 Å². The van der Waals surface area contributed by atoms with Crippen LogP contribution in [0, 0.1) is 5.82 Å². The number of piperazine rings is 1. The smallest absolute Gasteiger partial charge is 0.312 e. The topological polar surface area (TPSA) is 55.9 Å². The van der Waals surface area contributed by atoms with Gasteiger partial charge >= 0.3 is 11.8 Å². The van der Waals surface area contributed by atoms with Crippen LogP contribution in [-0.2, 0) is 9.59 Å². The van der Waals surface area contributed by atoms with Gasteiger partial charge in [0.2, 0.25) is 0 Å². The number of hydrogen-bond donors (Lipinski definition) is 1. The van der Waals surface area contributed by atoms with E-state index in [2.05, 4.69) is 24.1 Å². The Hall–Kier alpha value is -2.15.